The predicted molar refractivity (Wildman–Crippen MR) is 91.3 cm³/mol. The molecule has 0 saturated heterocycles. The van der Waals surface area contributed by atoms with Gasteiger partial charge in [-0.2, -0.15) is 0 Å². The average Bonchev–Trinajstić information content (AvgIpc) is 2.60. The number of ether oxygens (including phenoxy) is 1. The van der Waals surface area contributed by atoms with Gasteiger partial charge in [0.2, 0.25) is 0 Å². The molecule has 1 amide bonds. The zero-order valence-electron chi connectivity index (χ0n) is 14.0. The van der Waals surface area contributed by atoms with Gasteiger partial charge < -0.3 is 15.0 Å². The third-order valence-electron chi connectivity index (χ3n) is 4.08. The quantitative estimate of drug-likeness (QED) is 0.812. The lowest BCUT2D eigenvalue weighted by Crippen LogP contribution is -3.12. The molecule has 2 N–H and O–H groups in total. The van der Waals surface area contributed by atoms with Crippen LogP contribution in [0.3, 0.4) is 0 Å². The van der Waals surface area contributed by atoms with Crippen molar-refractivity contribution in [3.05, 3.63) is 65.7 Å². The molecule has 23 heavy (non-hydrogen) atoms. The standard InChI is InChI=1S/C19H24N2O2/c1-15(21(2)14-17-7-5-4-6-8-17)19(22)20-13-16-9-11-18(23-3)12-10-16/h4-12,15H,13-14H2,1-3H3,(H,20,22)/p+1/t15-/m0/s1. The Bertz CT molecular complexity index is 611. The molecule has 0 radical (unpaired) electrons. The number of quaternary nitrogens is 1. The van der Waals surface area contributed by atoms with Crippen molar-refractivity contribution in [2.45, 2.75) is 26.1 Å². The Kier molecular flexibility index (Phi) is 6.18. The normalized spacial score (nSPS) is 13.2. The highest BCUT2D eigenvalue weighted by atomic mass is 16.5. The molecule has 122 valence electrons. The van der Waals surface area contributed by atoms with E-state index in [1.54, 1.807) is 7.11 Å². The number of likely N-dealkylation sites (N-methyl/N-ethyl adjacent to an activating group) is 1. The van der Waals surface area contributed by atoms with Crippen LogP contribution in [0, 0.1) is 0 Å². The summed E-state index contributed by atoms with van der Waals surface area (Å²) in [6, 6.07) is 17.9. The van der Waals surface area contributed by atoms with Gasteiger partial charge in [0.15, 0.2) is 6.04 Å². The summed E-state index contributed by atoms with van der Waals surface area (Å²) in [5, 5.41) is 3.00. The molecule has 0 bridgehead atoms. The highest BCUT2D eigenvalue weighted by Gasteiger charge is 2.21. The lowest BCUT2D eigenvalue weighted by molar-refractivity contribution is -0.908. The summed E-state index contributed by atoms with van der Waals surface area (Å²) in [5.41, 5.74) is 2.30. The molecule has 2 atom stereocenters. The molecule has 2 aromatic rings. The molecule has 0 aromatic heterocycles. The van der Waals surface area contributed by atoms with Crippen molar-refractivity contribution in [1.82, 2.24) is 5.32 Å². The number of carbonyl (C=O) groups excluding carboxylic acids is 1. The van der Waals surface area contributed by atoms with Crippen LogP contribution in [0.1, 0.15) is 18.1 Å². The Morgan fingerprint density at radius 1 is 1.09 bits per heavy atom. The Labute approximate surface area is 138 Å². The third kappa shape index (κ3) is 5.11. The number of benzene rings is 2. The second-order valence-electron chi connectivity index (χ2n) is 5.80. The van der Waals surface area contributed by atoms with E-state index >= 15 is 0 Å². The number of nitrogens with one attached hydrogen (secondary N) is 2. The van der Waals surface area contributed by atoms with Crippen molar-refractivity contribution in [3.63, 3.8) is 0 Å². The number of carbonyl (C=O) groups is 1. The number of rotatable bonds is 7. The van der Waals surface area contributed by atoms with E-state index in [9.17, 15) is 4.79 Å². The molecular formula is C19H25N2O2+. The van der Waals surface area contributed by atoms with Gasteiger partial charge in [-0.3, -0.25) is 4.79 Å². The van der Waals surface area contributed by atoms with Crippen LogP contribution in [0.4, 0.5) is 0 Å². The van der Waals surface area contributed by atoms with Crippen LogP contribution in [-0.4, -0.2) is 26.1 Å². The summed E-state index contributed by atoms with van der Waals surface area (Å²) in [6.45, 7) is 3.32. The van der Waals surface area contributed by atoms with Crippen molar-refractivity contribution >= 4 is 5.91 Å². The maximum Gasteiger partial charge on any atom is 0.278 e. The van der Waals surface area contributed by atoms with E-state index in [-0.39, 0.29) is 11.9 Å². The minimum absolute atomic E-state index is 0.0641. The molecule has 0 aliphatic heterocycles. The Morgan fingerprint density at radius 2 is 1.74 bits per heavy atom. The molecule has 0 spiro atoms. The largest absolute Gasteiger partial charge is 0.497 e. The van der Waals surface area contributed by atoms with E-state index in [1.165, 1.54) is 10.5 Å². The van der Waals surface area contributed by atoms with Crippen molar-refractivity contribution < 1.29 is 14.4 Å². The second-order valence-corrected chi connectivity index (χ2v) is 5.80. The second kappa shape index (κ2) is 8.34. The summed E-state index contributed by atoms with van der Waals surface area (Å²) in [7, 11) is 3.69. The molecular weight excluding hydrogens is 288 g/mol. The predicted octanol–water partition coefficient (Wildman–Crippen LogP) is 1.41. The average molecular weight is 313 g/mol. The fourth-order valence-electron chi connectivity index (χ4n) is 2.38. The van der Waals surface area contributed by atoms with Crippen LogP contribution in [0.15, 0.2) is 54.6 Å². The molecule has 2 aromatic carbocycles. The lowest BCUT2D eigenvalue weighted by atomic mass is 10.1. The van der Waals surface area contributed by atoms with Gasteiger partial charge in [0, 0.05) is 12.1 Å². The summed E-state index contributed by atoms with van der Waals surface area (Å²) in [5.74, 6) is 0.884. The first kappa shape index (κ1) is 17.0. The van der Waals surface area contributed by atoms with E-state index in [0.717, 1.165) is 17.9 Å². The monoisotopic (exact) mass is 313 g/mol. The number of methoxy groups -OCH3 is 1. The maximum atomic E-state index is 12.3. The minimum Gasteiger partial charge on any atom is -0.497 e. The molecule has 4 heteroatoms. The molecule has 0 aliphatic carbocycles. The van der Waals surface area contributed by atoms with Gasteiger partial charge in [-0.1, -0.05) is 42.5 Å². The molecule has 0 heterocycles. The highest BCUT2D eigenvalue weighted by Crippen LogP contribution is 2.10. The van der Waals surface area contributed by atoms with E-state index < -0.39 is 0 Å². The van der Waals surface area contributed by atoms with E-state index in [1.807, 2.05) is 56.4 Å². The van der Waals surface area contributed by atoms with Crippen LogP contribution >= 0.6 is 0 Å². The van der Waals surface area contributed by atoms with Gasteiger partial charge >= 0.3 is 0 Å². The van der Waals surface area contributed by atoms with Gasteiger partial charge in [0.1, 0.15) is 12.3 Å². The van der Waals surface area contributed by atoms with Gasteiger partial charge in [-0.15, -0.1) is 0 Å². The van der Waals surface area contributed by atoms with Crippen molar-refractivity contribution in [2.24, 2.45) is 0 Å². The van der Waals surface area contributed by atoms with Crippen LogP contribution in [0.5, 0.6) is 5.75 Å². The molecule has 0 saturated carbocycles. The number of amides is 1. The van der Waals surface area contributed by atoms with Crippen LogP contribution in [0.25, 0.3) is 0 Å². The number of hydrogen-bond acceptors (Lipinski definition) is 2. The van der Waals surface area contributed by atoms with Crippen molar-refractivity contribution in [3.8, 4) is 5.75 Å². The maximum absolute atomic E-state index is 12.3. The van der Waals surface area contributed by atoms with Crippen LogP contribution < -0.4 is 15.0 Å². The Balaban J connectivity index is 1.84. The lowest BCUT2D eigenvalue weighted by Gasteiger charge is -2.21. The first-order valence-corrected chi connectivity index (χ1v) is 7.87. The molecule has 0 aliphatic rings. The topological polar surface area (TPSA) is 42.8 Å². The summed E-state index contributed by atoms with van der Waals surface area (Å²) >= 11 is 0. The SMILES string of the molecule is COc1ccc(CNC(=O)[C@H](C)[NH+](C)Cc2ccccc2)cc1. The molecule has 4 nitrogen and oxygen atoms in total. The number of hydrogen-bond donors (Lipinski definition) is 2. The minimum atomic E-state index is -0.103. The fraction of sp³-hybridized carbons (Fsp3) is 0.316. The summed E-state index contributed by atoms with van der Waals surface area (Å²) in [6.07, 6.45) is 0. The first-order valence-electron chi connectivity index (χ1n) is 7.87. The van der Waals surface area contributed by atoms with E-state index in [0.29, 0.717) is 6.54 Å². The van der Waals surface area contributed by atoms with Crippen molar-refractivity contribution in [1.29, 1.82) is 0 Å². The fourth-order valence-corrected chi connectivity index (χ4v) is 2.38. The van der Waals surface area contributed by atoms with Gasteiger partial charge in [0.25, 0.3) is 5.91 Å². The first-order chi connectivity index (χ1) is 11.1. The Hall–Kier alpha value is -2.33. The van der Waals surface area contributed by atoms with Gasteiger partial charge in [0.05, 0.1) is 14.2 Å². The van der Waals surface area contributed by atoms with Crippen LogP contribution in [-0.2, 0) is 17.9 Å². The summed E-state index contributed by atoms with van der Waals surface area (Å²) < 4.78 is 5.13. The van der Waals surface area contributed by atoms with E-state index in [2.05, 4.69) is 17.4 Å². The zero-order valence-corrected chi connectivity index (χ0v) is 14.0. The molecule has 1 unspecified atom stereocenters. The molecule has 0 fully saturated rings. The molecule has 2 rings (SSSR count). The summed E-state index contributed by atoms with van der Waals surface area (Å²) in [4.78, 5) is 13.5. The van der Waals surface area contributed by atoms with Crippen LogP contribution in [0.2, 0.25) is 0 Å². The highest BCUT2D eigenvalue weighted by molar-refractivity contribution is 5.79. The van der Waals surface area contributed by atoms with E-state index in [4.69, 9.17) is 4.74 Å². The third-order valence-corrected chi connectivity index (χ3v) is 4.08. The van der Waals surface area contributed by atoms with Gasteiger partial charge in [-0.05, 0) is 24.6 Å². The zero-order chi connectivity index (χ0) is 16.7. The van der Waals surface area contributed by atoms with Crippen molar-refractivity contribution in [2.75, 3.05) is 14.2 Å². The Morgan fingerprint density at radius 3 is 2.35 bits per heavy atom. The van der Waals surface area contributed by atoms with Gasteiger partial charge in [-0.25, -0.2) is 0 Å². The smallest absolute Gasteiger partial charge is 0.278 e.